The molecule has 5 nitrogen and oxygen atoms in total. The van der Waals surface area contributed by atoms with E-state index in [-0.39, 0.29) is 0 Å². The molecule has 19 heavy (non-hydrogen) atoms. The molecule has 0 N–H and O–H groups in total. The molecule has 104 valence electrons. The molecular formula is C14H22N4O. The normalized spacial score (nSPS) is 22.7. The Morgan fingerprint density at radius 3 is 2.53 bits per heavy atom. The predicted molar refractivity (Wildman–Crippen MR) is 74.4 cm³/mol. The first kappa shape index (κ1) is 12.8. The average Bonchev–Trinajstić information content (AvgIpc) is 2.48. The van der Waals surface area contributed by atoms with Crippen LogP contribution in [0.5, 0.6) is 0 Å². The molecule has 0 saturated carbocycles. The van der Waals surface area contributed by atoms with E-state index < -0.39 is 0 Å². The summed E-state index contributed by atoms with van der Waals surface area (Å²) in [6.07, 6.45) is 6.05. The highest BCUT2D eigenvalue weighted by Gasteiger charge is 2.25. The van der Waals surface area contributed by atoms with Crippen LogP contribution in [0.15, 0.2) is 12.4 Å². The molecule has 0 amide bonds. The van der Waals surface area contributed by atoms with E-state index in [2.05, 4.69) is 19.8 Å². The summed E-state index contributed by atoms with van der Waals surface area (Å²) in [5, 5.41) is 0. The van der Waals surface area contributed by atoms with E-state index in [4.69, 9.17) is 4.74 Å². The zero-order chi connectivity index (χ0) is 13.1. The molecule has 0 aliphatic carbocycles. The van der Waals surface area contributed by atoms with Crippen LogP contribution in [0, 0.1) is 6.92 Å². The van der Waals surface area contributed by atoms with Crippen molar-refractivity contribution >= 4 is 5.82 Å². The van der Waals surface area contributed by atoms with Gasteiger partial charge in [0.2, 0.25) is 0 Å². The van der Waals surface area contributed by atoms with Crippen LogP contribution in [-0.4, -0.2) is 60.3 Å². The van der Waals surface area contributed by atoms with Crippen molar-refractivity contribution in [3.63, 3.8) is 0 Å². The molecule has 0 aromatic carbocycles. The largest absolute Gasteiger partial charge is 0.381 e. The third-order valence-electron chi connectivity index (χ3n) is 4.09. The third-order valence-corrected chi connectivity index (χ3v) is 4.09. The molecular weight excluding hydrogens is 240 g/mol. The van der Waals surface area contributed by atoms with Gasteiger partial charge in [0.1, 0.15) is 5.82 Å². The molecule has 0 atom stereocenters. The monoisotopic (exact) mass is 262 g/mol. The van der Waals surface area contributed by atoms with E-state index in [0.717, 1.165) is 56.9 Å². The van der Waals surface area contributed by atoms with Gasteiger partial charge < -0.3 is 9.64 Å². The molecule has 0 unspecified atom stereocenters. The van der Waals surface area contributed by atoms with Gasteiger partial charge in [0.05, 0.1) is 11.9 Å². The third kappa shape index (κ3) is 3.04. The summed E-state index contributed by atoms with van der Waals surface area (Å²) in [4.78, 5) is 13.7. The summed E-state index contributed by atoms with van der Waals surface area (Å²) >= 11 is 0. The average molecular weight is 262 g/mol. The highest BCUT2D eigenvalue weighted by atomic mass is 16.5. The Balaban J connectivity index is 1.57. The number of aromatic nitrogens is 2. The van der Waals surface area contributed by atoms with E-state index in [1.165, 1.54) is 12.8 Å². The maximum atomic E-state index is 5.44. The van der Waals surface area contributed by atoms with Gasteiger partial charge in [0.15, 0.2) is 0 Å². The zero-order valence-electron chi connectivity index (χ0n) is 11.6. The lowest BCUT2D eigenvalue weighted by Gasteiger charge is -2.41. The summed E-state index contributed by atoms with van der Waals surface area (Å²) in [5.41, 5.74) is 0.990. The number of anilines is 1. The molecule has 0 bridgehead atoms. The van der Waals surface area contributed by atoms with Crippen molar-refractivity contribution in [2.75, 3.05) is 44.3 Å². The van der Waals surface area contributed by atoms with E-state index in [0.29, 0.717) is 0 Å². The SMILES string of the molecule is Cc1cncc(N2CCN(C3CCOCC3)CC2)n1. The Bertz CT molecular complexity index is 412. The first-order valence-electron chi connectivity index (χ1n) is 7.18. The van der Waals surface area contributed by atoms with Gasteiger partial charge in [-0.25, -0.2) is 4.98 Å². The number of aryl methyl sites for hydroxylation is 1. The molecule has 2 aliphatic rings. The Morgan fingerprint density at radius 1 is 1.11 bits per heavy atom. The molecule has 2 fully saturated rings. The molecule has 3 heterocycles. The van der Waals surface area contributed by atoms with Crippen molar-refractivity contribution in [3.8, 4) is 0 Å². The minimum Gasteiger partial charge on any atom is -0.381 e. The first-order valence-corrected chi connectivity index (χ1v) is 7.18. The lowest BCUT2D eigenvalue weighted by Crippen LogP contribution is -2.51. The second-order valence-electron chi connectivity index (χ2n) is 5.39. The van der Waals surface area contributed by atoms with Crippen molar-refractivity contribution in [3.05, 3.63) is 18.1 Å². The van der Waals surface area contributed by atoms with Crippen LogP contribution in [0.2, 0.25) is 0 Å². The second kappa shape index (κ2) is 5.84. The van der Waals surface area contributed by atoms with Gasteiger partial charge in [0.25, 0.3) is 0 Å². The van der Waals surface area contributed by atoms with Gasteiger partial charge in [-0.1, -0.05) is 0 Å². The number of nitrogens with zero attached hydrogens (tertiary/aromatic N) is 4. The van der Waals surface area contributed by atoms with Crippen LogP contribution in [0.1, 0.15) is 18.5 Å². The van der Waals surface area contributed by atoms with Crippen LogP contribution in [-0.2, 0) is 4.74 Å². The molecule has 1 aromatic rings. The molecule has 2 aliphatic heterocycles. The predicted octanol–water partition coefficient (Wildman–Crippen LogP) is 1.09. The minimum absolute atomic E-state index is 0.722. The zero-order valence-corrected chi connectivity index (χ0v) is 11.6. The van der Waals surface area contributed by atoms with Crippen LogP contribution >= 0.6 is 0 Å². The van der Waals surface area contributed by atoms with Gasteiger partial charge in [-0.3, -0.25) is 9.88 Å². The number of rotatable bonds is 2. The Labute approximate surface area is 114 Å². The van der Waals surface area contributed by atoms with Crippen LogP contribution in [0.25, 0.3) is 0 Å². The summed E-state index contributed by atoms with van der Waals surface area (Å²) in [5.74, 6) is 1.02. The number of ether oxygens (including phenoxy) is 1. The van der Waals surface area contributed by atoms with E-state index in [1.54, 1.807) is 0 Å². The number of piperazine rings is 1. The molecule has 3 rings (SSSR count). The molecule has 5 heteroatoms. The fraction of sp³-hybridized carbons (Fsp3) is 0.714. The van der Waals surface area contributed by atoms with E-state index >= 15 is 0 Å². The lowest BCUT2D eigenvalue weighted by molar-refractivity contribution is 0.0321. The summed E-state index contributed by atoms with van der Waals surface area (Å²) in [7, 11) is 0. The molecule has 0 spiro atoms. The number of hydrogen-bond acceptors (Lipinski definition) is 5. The molecule has 1 aromatic heterocycles. The smallest absolute Gasteiger partial charge is 0.147 e. The first-order chi connectivity index (χ1) is 9.33. The Kier molecular flexibility index (Phi) is 3.94. The van der Waals surface area contributed by atoms with Crippen LogP contribution in [0.4, 0.5) is 5.82 Å². The van der Waals surface area contributed by atoms with Gasteiger partial charge in [-0.05, 0) is 19.8 Å². The van der Waals surface area contributed by atoms with Crippen molar-refractivity contribution in [2.45, 2.75) is 25.8 Å². The van der Waals surface area contributed by atoms with Crippen LogP contribution < -0.4 is 4.90 Å². The van der Waals surface area contributed by atoms with Crippen molar-refractivity contribution < 1.29 is 4.74 Å². The lowest BCUT2D eigenvalue weighted by atomic mass is 10.1. The van der Waals surface area contributed by atoms with Crippen molar-refractivity contribution in [1.82, 2.24) is 14.9 Å². The summed E-state index contributed by atoms with van der Waals surface area (Å²) < 4.78 is 5.44. The van der Waals surface area contributed by atoms with Crippen LogP contribution in [0.3, 0.4) is 0 Å². The van der Waals surface area contributed by atoms with E-state index in [1.807, 2.05) is 19.3 Å². The number of hydrogen-bond donors (Lipinski definition) is 0. The minimum atomic E-state index is 0.722. The fourth-order valence-corrected chi connectivity index (χ4v) is 2.97. The van der Waals surface area contributed by atoms with Gasteiger partial charge in [-0.15, -0.1) is 0 Å². The fourth-order valence-electron chi connectivity index (χ4n) is 2.97. The molecule has 2 saturated heterocycles. The highest BCUT2D eigenvalue weighted by molar-refractivity contribution is 5.36. The second-order valence-corrected chi connectivity index (χ2v) is 5.39. The maximum Gasteiger partial charge on any atom is 0.147 e. The van der Waals surface area contributed by atoms with Crippen molar-refractivity contribution in [1.29, 1.82) is 0 Å². The topological polar surface area (TPSA) is 41.5 Å². The Hall–Kier alpha value is -1.20. The quantitative estimate of drug-likeness (QED) is 0.798. The Morgan fingerprint density at radius 2 is 1.84 bits per heavy atom. The van der Waals surface area contributed by atoms with Crippen molar-refractivity contribution in [2.24, 2.45) is 0 Å². The van der Waals surface area contributed by atoms with Gasteiger partial charge in [-0.2, -0.15) is 0 Å². The van der Waals surface area contributed by atoms with Gasteiger partial charge >= 0.3 is 0 Å². The maximum absolute atomic E-state index is 5.44. The summed E-state index contributed by atoms with van der Waals surface area (Å²) in [6, 6.07) is 0.722. The van der Waals surface area contributed by atoms with Gasteiger partial charge in [0, 0.05) is 51.6 Å². The van der Waals surface area contributed by atoms with E-state index in [9.17, 15) is 0 Å². The highest BCUT2D eigenvalue weighted by Crippen LogP contribution is 2.18. The standard InChI is InChI=1S/C14H22N4O/c1-12-10-15-11-14(16-12)18-6-4-17(5-7-18)13-2-8-19-9-3-13/h10-11,13H,2-9H2,1H3. The summed E-state index contributed by atoms with van der Waals surface area (Å²) in [6.45, 7) is 8.20. The molecule has 0 radical (unpaired) electrons.